The molecule has 0 amide bonds. The fourth-order valence-corrected chi connectivity index (χ4v) is 2.12. The van der Waals surface area contributed by atoms with Gasteiger partial charge in [0.1, 0.15) is 6.61 Å². The molecule has 0 radical (unpaired) electrons. The number of Topliss-reactive ketones (excluding diaryl/α,β-unsaturated/α-hetero) is 1. The van der Waals surface area contributed by atoms with Gasteiger partial charge >= 0.3 is 5.97 Å². The van der Waals surface area contributed by atoms with E-state index in [1.54, 1.807) is 4.90 Å². The van der Waals surface area contributed by atoms with Crippen LogP contribution in [0.2, 0.25) is 0 Å². The molecular formula is C15H18FNO3. The molecule has 1 aromatic rings. The number of ether oxygens (including phenoxy) is 1. The number of likely N-dealkylation sites (tertiary alicyclic amines) is 1. The van der Waals surface area contributed by atoms with E-state index in [0.29, 0.717) is 13.1 Å². The number of benzene rings is 1. The Balaban J connectivity index is 1.75. The van der Waals surface area contributed by atoms with E-state index >= 15 is 0 Å². The second-order valence-electron chi connectivity index (χ2n) is 4.89. The first kappa shape index (κ1) is 14.7. The average molecular weight is 279 g/mol. The topological polar surface area (TPSA) is 46.6 Å². The summed E-state index contributed by atoms with van der Waals surface area (Å²) in [7, 11) is 0. The molecule has 1 aliphatic heterocycles. The number of carbonyl (C=O) groups excluding carboxylic acids is 2. The summed E-state index contributed by atoms with van der Waals surface area (Å²) >= 11 is 0. The van der Waals surface area contributed by atoms with Gasteiger partial charge in [-0.1, -0.05) is 30.3 Å². The molecule has 0 aliphatic carbocycles. The van der Waals surface area contributed by atoms with Crippen molar-refractivity contribution in [1.29, 1.82) is 0 Å². The van der Waals surface area contributed by atoms with E-state index in [1.807, 2.05) is 30.3 Å². The lowest BCUT2D eigenvalue weighted by Gasteiger charge is -2.18. The Bertz CT molecular complexity index is 463. The molecule has 0 aromatic heterocycles. The van der Waals surface area contributed by atoms with Gasteiger partial charge in [0.25, 0.3) is 0 Å². The van der Waals surface area contributed by atoms with Crippen LogP contribution in [0.4, 0.5) is 4.39 Å². The average Bonchev–Trinajstić information content (AvgIpc) is 2.62. The fourth-order valence-electron chi connectivity index (χ4n) is 2.12. The number of hydrogen-bond acceptors (Lipinski definition) is 4. The van der Waals surface area contributed by atoms with Crippen LogP contribution in [0.25, 0.3) is 0 Å². The highest BCUT2D eigenvalue weighted by molar-refractivity contribution is 5.83. The zero-order chi connectivity index (χ0) is 14.4. The number of alkyl halides is 1. The predicted molar refractivity (Wildman–Crippen MR) is 71.8 cm³/mol. The molecule has 1 atom stereocenters. The lowest BCUT2D eigenvalue weighted by molar-refractivity contribution is -0.146. The van der Waals surface area contributed by atoms with Crippen LogP contribution >= 0.6 is 0 Å². The van der Waals surface area contributed by atoms with Crippen LogP contribution < -0.4 is 0 Å². The van der Waals surface area contributed by atoms with E-state index in [-0.39, 0.29) is 37.7 Å². The van der Waals surface area contributed by atoms with Crippen molar-refractivity contribution >= 4 is 11.8 Å². The zero-order valence-electron chi connectivity index (χ0n) is 11.3. The van der Waals surface area contributed by atoms with E-state index in [0.717, 1.165) is 5.56 Å². The van der Waals surface area contributed by atoms with Crippen molar-refractivity contribution < 1.29 is 18.7 Å². The van der Waals surface area contributed by atoms with Crippen molar-refractivity contribution in [2.24, 2.45) is 0 Å². The molecule has 108 valence electrons. The van der Waals surface area contributed by atoms with Gasteiger partial charge < -0.3 is 4.74 Å². The van der Waals surface area contributed by atoms with E-state index in [4.69, 9.17) is 4.74 Å². The van der Waals surface area contributed by atoms with Gasteiger partial charge in [0.15, 0.2) is 12.0 Å². The van der Waals surface area contributed by atoms with Crippen molar-refractivity contribution in [2.45, 2.75) is 25.6 Å². The van der Waals surface area contributed by atoms with Gasteiger partial charge in [0, 0.05) is 19.5 Å². The lowest BCUT2D eigenvalue weighted by Crippen LogP contribution is -2.32. The zero-order valence-corrected chi connectivity index (χ0v) is 11.3. The van der Waals surface area contributed by atoms with Crippen molar-refractivity contribution in [3.8, 4) is 0 Å². The molecule has 0 bridgehead atoms. The molecule has 1 heterocycles. The Morgan fingerprint density at radius 1 is 1.30 bits per heavy atom. The van der Waals surface area contributed by atoms with Crippen LogP contribution in [0, 0.1) is 0 Å². The third-order valence-corrected chi connectivity index (χ3v) is 3.32. The summed E-state index contributed by atoms with van der Waals surface area (Å²) in [4.78, 5) is 24.7. The van der Waals surface area contributed by atoms with E-state index < -0.39 is 6.17 Å². The molecule has 1 aromatic carbocycles. The van der Waals surface area contributed by atoms with Crippen molar-refractivity contribution in [1.82, 2.24) is 4.90 Å². The van der Waals surface area contributed by atoms with E-state index in [1.165, 1.54) is 0 Å². The smallest absolute Gasteiger partial charge is 0.320 e. The summed E-state index contributed by atoms with van der Waals surface area (Å²) < 4.78 is 18.4. The summed E-state index contributed by atoms with van der Waals surface area (Å²) in [6.07, 6.45) is -1.07. The van der Waals surface area contributed by atoms with Crippen molar-refractivity contribution in [2.75, 3.05) is 19.6 Å². The van der Waals surface area contributed by atoms with Crippen LogP contribution in [0.5, 0.6) is 0 Å². The molecule has 20 heavy (non-hydrogen) atoms. The van der Waals surface area contributed by atoms with Crippen LogP contribution in [0.3, 0.4) is 0 Å². The molecule has 0 N–H and O–H groups in total. The Kier molecular flexibility index (Phi) is 5.24. The number of esters is 1. The van der Waals surface area contributed by atoms with E-state index in [9.17, 15) is 14.0 Å². The molecule has 5 heteroatoms. The Labute approximate surface area is 117 Å². The molecule has 1 saturated heterocycles. The van der Waals surface area contributed by atoms with Crippen LogP contribution in [0.1, 0.15) is 18.4 Å². The van der Waals surface area contributed by atoms with Crippen LogP contribution in [-0.2, 0) is 20.9 Å². The number of nitrogens with zero attached hydrogens (tertiary/aromatic N) is 1. The number of halogens is 1. The van der Waals surface area contributed by atoms with Gasteiger partial charge in [-0.2, -0.15) is 0 Å². The predicted octanol–water partition coefficient (Wildman–Crippen LogP) is 1.73. The molecule has 0 spiro atoms. The molecule has 1 fully saturated rings. The van der Waals surface area contributed by atoms with Crippen molar-refractivity contribution in [3.63, 3.8) is 0 Å². The normalized spacial score (nSPS) is 20.4. The largest absolute Gasteiger partial charge is 0.460 e. The molecule has 0 saturated carbocycles. The molecule has 2 rings (SSSR count). The highest BCUT2D eigenvalue weighted by Gasteiger charge is 2.24. The summed E-state index contributed by atoms with van der Waals surface area (Å²) in [6, 6.07) is 9.42. The Hall–Kier alpha value is -1.75. The first-order valence-electron chi connectivity index (χ1n) is 6.74. The fraction of sp³-hybridized carbons (Fsp3) is 0.467. The highest BCUT2D eigenvalue weighted by Crippen LogP contribution is 2.11. The summed E-state index contributed by atoms with van der Waals surface area (Å²) in [5, 5.41) is 0. The maximum Gasteiger partial charge on any atom is 0.320 e. The number of carbonyl (C=O) groups is 2. The van der Waals surface area contributed by atoms with Gasteiger partial charge in [-0.05, 0) is 12.0 Å². The molecule has 1 unspecified atom stereocenters. The minimum absolute atomic E-state index is 0.104. The van der Waals surface area contributed by atoms with Crippen molar-refractivity contribution in [3.05, 3.63) is 35.9 Å². The molecule has 4 nitrogen and oxygen atoms in total. The highest BCUT2D eigenvalue weighted by atomic mass is 19.1. The van der Waals surface area contributed by atoms with Gasteiger partial charge in [-0.25, -0.2) is 4.39 Å². The maximum absolute atomic E-state index is 13.2. The van der Waals surface area contributed by atoms with E-state index in [2.05, 4.69) is 0 Å². The number of rotatable bonds is 4. The first-order valence-corrected chi connectivity index (χ1v) is 6.74. The van der Waals surface area contributed by atoms with Gasteiger partial charge in [-0.3, -0.25) is 14.5 Å². The second kappa shape index (κ2) is 7.14. The third kappa shape index (κ3) is 4.42. The molecular weight excluding hydrogens is 261 g/mol. The summed E-state index contributed by atoms with van der Waals surface area (Å²) in [6.45, 7) is 1.16. The summed E-state index contributed by atoms with van der Waals surface area (Å²) in [5.74, 6) is -0.719. The monoisotopic (exact) mass is 279 g/mol. The third-order valence-electron chi connectivity index (χ3n) is 3.32. The minimum atomic E-state index is -1.39. The standard InChI is InChI=1S/C15H18FNO3/c16-13-6-8-17(9-7-14(13)18)10-15(19)20-11-12-4-2-1-3-5-12/h1-5,13H,6-11H2. The summed E-state index contributed by atoms with van der Waals surface area (Å²) in [5.41, 5.74) is 0.927. The maximum atomic E-state index is 13.2. The minimum Gasteiger partial charge on any atom is -0.460 e. The Morgan fingerprint density at radius 2 is 2.05 bits per heavy atom. The lowest BCUT2D eigenvalue weighted by atomic mass is 10.2. The quantitative estimate of drug-likeness (QED) is 0.788. The second-order valence-corrected chi connectivity index (χ2v) is 4.89. The number of hydrogen-bond donors (Lipinski definition) is 0. The molecule has 1 aliphatic rings. The van der Waals surface area contributed by atoms with Gasteiger partial charge in [0.2, 0.25) is 0 Å². The van der Waals surface area contributed by atoms with Crippen LogP contribution in [-0.4, -0.2) is 42.5 Å². The van der Waals surface area contributed by atoms with Gasteiger partial charge in [-0.15, -0.1) is 0 Å². The van der Waals surface area contributed by atoms with Crippen LogP contribution in [0.15, 0.2) is 30.3 Å². The van der Waals surface area contributed by atoms with Gasteiger partial charge in [0.05, 0.1) is 6.54 Å². The first-order chi connectivity index (χ1) is 9.65. The Morgan fingerprint density at radius 3 is 2.80 bits per heavy atom. The SMILES string of the molecule is O=C(CN1CCC(=O)C(F)CC1)OCc1ccccc1. The number of ketones is 1.